The maximum atomic E-state index is 5.33. The predicted molar refractivity (Wildman–Crippen MR) is 43.2 cm³/mol. The normalized spacial score (nSPS) is 35.3. The summed E-state index contributed by atoms with van der Waals surface area (Å²) in [5.74, 6) is 0. The third kappa shape index (κ3) is 3.18. The summed E-state index contributed by atoms with van der Waals surface area (Å²) < 4.78 is 5.33. The number of rotatable bonds is 0. The van der Waals surface area contributed by atoms with Crippen molar-refractivity contribution in [2.75, 3.05) is 13.2 Å². The van der Waals surface area contributed by atoms with Gasteiger partial charge in [-0.1, -0.05) is 0 Å². The largest absolute Gasteiger partial charge is 0.376 e. The van der Waals surface area contributed by atoms with E-state index in [1.54, 1.807) is 0 Å². The van der Waals surface area contributed by atoms with E-state index in [1.807, 2.05) is 0 Å². The van der Waals surface area contributed by atoms with Gasteiger partial charge in [0.1, 0.15) is 0 Å². The molecule has 0 bridgehead atoms. The summed E-state index contributed by atoms with van der Waals surface area (Å²) in [5, 5.41) is 3.31. The van der Waals surface area contributed by atoms with Crippen LogP contribution in [0.15, 0.2) is 0 Å². The van der Waals surface area contributed by atoms with Gasteiger partial charge in [0.2, 0.25) is 0 Å². The Balaban J connectivity index is 0.000000640. The van der Waals surface area contributed by atoms with Crippen LogP contribution in [0.2, 0.25) is 0 Å². The number of halogens is 1. The fraction of sp³-hybridized carbons (Fsp3) is 1.00. The molecule has 1 fully saturated rings. The van der Waals surface area contributed by atoms with Crippen molar-refractivity contribution in [1.82, 2.24) is 5.32 Å². The van der Waals surface area contributed by atoms with Gasteiger partial charge in [-0.25, -0.2) is 0 Å². The Labute approximate surface area is 66.7 Å². The standard InChI is InChI=1S/C6H13NO.BrH/c1-5-4-8-6(2)3-7-5;/h5-7H,3-4H2,1-2H3;1H. The first kappa shape index (κ1) is 9.40. The van der Waals surface area contributed by atoms with Crippen molar-refractivity contribution >= 4 is 17.0 Å². The van der Waals surface area contributed by atoms with E-state index in [4.69, 9.17) is 4.74 Å². The van der Waals surface area contributed by atoms with E-state index in [1.165, 1.54) is 0 Å². The minimum Gasteiger partial charge on any atom is -0.376 e. The molecular weight excluding hydrogens is 182 g/mol. The summed E-state index contributed by atoms with van der Waals surface area (Å²) in [6, 6.07) is 0.547. The van der Waals surface area contributed by atoms with Gasteiger partial charge in [0, 0.05) is 12.6 Å². The Bertz CT molecular complexity index is 61.5. The first-order chi connectivity index (χ1) is 3.79. The van der Waals surface area contributed by atoms with Crippen LogP contribution in [0.25, 0.3) is 0 Å². The lowest BCUT2D eigenvalue weighted by Crippen LogP contribution is -2.43. The molecule has 0 aliphatic carbocycles. The Morgan fingerprint density at radius 3 is 2.44 bits per heavy atom. The van der Waals surface area contributed by atoms with Crippen molar-refractivity contribution in [2.45, 2.75) is 26.0 Å². The maximum Gasteiger partial charge on any atom is 0.0672 e. The molecule has 2 nitrogen and oxygen atoms in total. The summed E-state index contributed by atoms with van der Waals surface area (Å²) >= 11 is 0. The zero-order valence-electron chi connectivity index (χ0n) is 5.89. The topological polar surface area (TPSA) is 21.3 Å². The molecule has 1 rings (SSSR count). The lowest BCUT2D eigenvalue weighted by molar-refractivity contribution is 0.0196. The molecule has 0 aromatic carbocycles. The Hall–Kier alpha value is 0.400. The van der Waals surface area contributed by atoms with Crippen LogP contribution in [-0.2, 0) is 4.74 Å². The van der Waals surface area contributed by atoms with Gasteiger partial charge in [-0.15, -0.1) is 17.0 Å². The van der Waals surface area contributed by atoms with Crippen LogP contribution in [0.4, 0.5) is 0 Å². The maximum absolute atomic E-state index is 5.33. The highest BCUT2D eigenvalue weighted by Gasteiger charge is 2.12. The lowest BCUT2D eigenvalue weighted by Gasteiger charge is -2.25. The molecule has 2 unspecified atom stereocenters. The minimum atomic E-state index is 0. The third-order valence-corrected chi connectivity index (χ3v) is 1.38. The molecule has 1 heterocycles. The van der Waals surface area contributed by atoms with E-state index in [0.717, 1.165) is 13.2 Å². The van der Waals surface area contributed by atoms with E-state index in [0.29, 0.717) is 12.1 Å². The van der Waals surface area contributed by atoms with Gasteiger partial charge in [-0.05, 0) is 13.8 Å². The van der Waals surface area contributed by atoms with Gasteiger partial charge in [0.05, 0.1) is 12.7 Å². The first-order valence-corrected chi connectivity index (χ1v) is 3.14. The summed E-state index contributed by atoms with van der Waals surface area (Å²) in [4.78, 5) is 0. The molecule has 0 spiro atoms. The van der Waals surface area contributed by atoms with E-state index in [9.17, 15) is 0 Å². The third-order valence-electron chi connectivity index (χ3n) is 1.38. The van der Waals surface area contributed by atoms with Gasteiger partial charge in [-0.2, -0.15) is 0 Å². The fourth-order valence-corrected chi connectivity index (χ4v) is 0.794. The molecule has 1 aliphatic heterocycles. The van der Waals surface area contributed by atoms with Crippen molar-refractivity contribution < 1.29 is 4.74 Å². The molecular formula is C6H14BrNO. The molecule has 2 atom stereocenters. The SMILES string of the molecule is Br.CC1COC(C)CN1. The highest BCUT2D eigenvalue weighted by atomic mass is 79.9. The number of nitrogens with one attached hydrogen (secondary N) is 1. The zero-order valence-corrected chi connectivity index (χ0v) is 7.60. The van der Waals surface area contributed by atoms with Crippen LogP contribution in [0.5, 0.6) is 0 Å². The molecule has 1 N–H and O–H groups in total. The van der Waals surface area contributed by atoms with Crippen LogP contribution >= 0.6 is 17.0 Å². The fourth-order valence-electron chi connectivity index (χ4n) is 0.794. The number of hydrogen-bond acceptors (Lipinski definition) is 2. The molecule has 3 heteroatoms. The average Bonchev–Trinajstić information content (AvgIpc) is 1.77. The van der Waals surface area contributed by atoms with Crippen molar-refractivity contribution in [3.63, 3.8) is 0 Å². The van der Waals surface area contributed by atoms with Crippen LogP contribution in [0.3, 0.4) is 0 Å². The monoisotopic (exact) mass is 195 g/mol. The number of ether oxygens (including phenoxy) is 1. The van der Waals surface area contributed by atoms with Crippen LogP contribution in [-0.4, -0.2) is 25.3 Å². The van der Waals surface area contributed by atoms with Crippen LogP contribution in [0.1, 0.15) is 13.8 Å². The van der Waals surface area contributed by atoms with Crippen LogP contribution in [0, 0.1) is 0 Å². The molecule has 0 radical (unpaired) electrons. The number of morpholine rings is 1. The van der Waals surface area contributed by atoms with E-state index in [2.05, 4.69) is 19.2 Å². The van der Waals surface area contributed by atoms with Crippen molar-refractivity contribution in [2.24, 2.45) is 0 Å². The smallest absolute Gasteiger partial charge is 0.0672 e. The molecule has 0 amide bonds. The van der Waals surface area contributed by atoms with Gasteiger partial charge < -0.3 is 10.1 Å². The molecule has 1 aliphatic rings. The van der Waals surface area contributed by atoms with Crippen molar-refractivity contribution in [3.8, 4) is 0 Å². The molecule has 0 aromatic heterocycles. The van der Waals surface area contributed by atoms with E-state index >= 15 is 0 Å². The molecule has 56 valence electrons. The second-order valence-corrected chi connectivity index (χ2v) is 2.45. The summed E-state index contributed by atoms with van der Waals surface area (Å²) in [6.45, 7) is 6.08. The van der Waals surface area contributed by atoms with Gasteiger partial charge >= 0.3 is 0 Å². The minimum absolute atomic E-state index is 0. The molecule has 1 saturated heterocycles. The second-order valence-electron chi connectivity index (χ2n) is 2.45. The first-order valence-electron chi connectivity index (χ1n) is 3.14. The van der Waals surface area contributed by atoms with Gasteiger partial charge in [0.15, 0.2) is 0 Å². The number of hydrogen-bond donors (Lipinski definition) is 1. The highest BCUT2D eigenvalue weighted by Crippen LogP contribution is 1.97. The second kappa shape index (κ2) is 4.25. The zero-order chi connectivity index (χ0) is 5.98. The van der Waals surface area contributed by atoms with Crippen LogP contribution < -0.4 is 5.32 Å². The summed E-state index contributed by atoms with van der Waals surface area (Å²) in [6.07, 6.45) is 0.409. The summed E-state index contributed by atoms with van der Waals surface area (Å²) in [7, 11) is 0. The molecule has 0 aromatic rings. The van der Waals surface area contributed by atoms with Gasteiger partial charge in [0.25, 0.3) is 0 Å². The average molecular weight is 196 g/mol. The molecule has 0 saturated carbocycles. The highest BCUT2D eigenvalue weighted by molar-refractivity contribution is 8.93. The predicted octanol–water partition coefficient (Wildman–Crippen LogP) is 0.961. The lowest BCUT2D eigenvalue weighted by atomic mass is 10.3. The van der Waals surface area contributed by atoms with E-state index < -0.39 is 0 Å². The molecule has 9 heavy (non-hydrogen) atoms. The summed E-state index contributed by atoms with van der Waals surface area (Å²) in [5.41, 5.74) is 0. The van der Waals surface area contributed by atoms with Crippen molar-refractivity contribution in [1.29, 1.82) is 0 Å². The van der Waals surface area contributed by atoms with E-state index in [-0.39, 0.29) is 17.0 Å². The Morgan fingerprint density at radius 2 is 2.11 bits per heavy atom. The Morgan fingerprint density at radius 1 is 1.44 bits per heavy atom. The quantitative estimate of drug-likeness (QED) is 0.623. The van der Waals surface area contributed by atoms with Gasteiger partial charge in [-0.3, -0.25) is 0 Å². The van der Waals surface area contributed by atoms with Crippen molar-refractivity contribution in [3.05, 3.63) is 0 Å². The Kier molecular flexibility index (Phi) is 4.44.